The first kappa shape index (κ1) is 20.1. The molecule has 0 saturated carbocycles. The van der Waals surface area contributed by atoms with Crippen molar-refractivity contribution < 1.29 is 9.59 Å². The molecular weight excluding hydrogens is 368 g/mol. The number of aromatic nitrogens is 3. The van der Waals surface area contributed by atoms with Gasteiger partial charge in [0, 0.05) is 11.4 Å². The van der Waals surface area contributed by atoms with Gasteiger partial charge in [0.15, 0.2) is 11.5 Å². The molecule has 0 saturated heterocycles. The number of aryl methyl sites for hydroxylation is 2. The number of amides is 2. The number of benzene rings is 2. The summed E-state index contributed by atoms with van der Waals surface area (Å²) in [5.74, 6) is -0.729. The Bertz CT molecular complexity index is 1030. The highest BCUT2D eigenvalue weighted by Gasteiger charge is 2.20. The van der Waals surface area contributed by atoms with Crippen LogP contribution in [0.3, 0.4) is 0 Å². The summed E-state index contributed by atoms with van der Waals surface area (Å²) >= 11 is 0. The average Bonchev–Trinajstić information content (AvgIpc) is 3.09. The maximum atomic E-state index is 12.6. The lowest BCUT2D eigenvalue weighted by molar-refractivity contribution is -0.116. The number of hydrogen-bond acceptors (Lipinski definition) is 5. The van der Waals surface area contributed by atoms with E-state index in [1.807, 2.05) is 62.4 Å². The van der Waals surface area contributed by atoms with Crippen molar-refractivity contribution in [3.63, 3.8) is 0 Å². The van der Waals surface area contributed by atoms with Crippen LogP contribution in [-0.2, 0) is 24.2 Å². The van der Waals surface area contributed by atoms with Crippen molar-refractivity contribution in [3.05, 3.63) is 65.4 Å². The van der Waals surface area contributed by atoms with Gasteiger partial charge in [-0.1, -0.05) is 55.5 Å². The SMILES string of the molecule is CCc1ccccc1NC(=O)Cn1nnc(C(=O)Nc2ccccc2CC)c1N. The summed E-state index contributed by atoms with van der Waals surface area (Å²) in [4.78, 5) is 25.0. The molecule has 1 aromatic heterocycles. The van der Waals surface area contributed by atoms with Crippen LogP contribution in [0.15, 0.2) is 48.5 Å². The lowest BCUT2D eigenvalue weighted by Gasteiger charge is -2.10. The molecular formula is C21H24N6O2. The van der Waals surface area contributed by atoms with Gasteiger partial charge in [-0.15, -0.1) is 5.10 Å². The number of carbonyl (C=O) groups is 2. The summed E-state index contributed by atoms with van der Waals surface area (Å²) in [5, 5.41) is 13.4. The molecule has 2 amide bonds. The first-order chi connectivity index (χ1) is 14.0. The molecule has 0 atom stereocenters. The summed E-state index contributed by atoms with van der Waals surface area (Å²) in [5.41, 5.74) is 9.48. The van der Waals surface area contributed by atoms with E-state index >= 15 is 0 Å². The van der Waals surface area contributed by atoms with Crippen LogP contribution in [0.5, 0.6) is 0 Å². The monoisotopic (exact) mass is 392 g/mol. The van der Waals surface area contributed by atoms with Gasteiger partial charge >= 0.3 is 0 Å². The molecule has 0 unspecified atom stereocenters. The van der Waals surface area contributed by atoms with Crippen LogP contribution < -0.4 is 16.4 Å². The standard InChI is InChI=1S/C21H24N6O2/c1-3-14-9-5-7-11-16(14)23-18(28)13-27-20(22)19(25-26-27)21(29)24-17-12-8-6-10-15(17)4-2/h5-12H,3-4,13,22H2,1-2H3,(H,23,28)(H,24,29). The quantitative estimate of drug-likeness (QED) is 0.572. The molecule has 8 nitrogen and oxygen atoms in total. The van der Waals surface area contributed by atoms with Gasteiger partial charge in [0.25, 0.3) is 5.91 Å². The van der Waals surface area contributed by atoms with E-state index in [1.54, 1.807) is 0 Å². The Morgan fingerprint density at radius 1 is 0.931 bits per heavy atom. The second kappa shape index (κ2) is 9.01. The van der Waals surface area contributed by atoms with Crippen LogP contribution in [0.1, 0.15) is 35.5 Å². The lowest BCUT2D eigenvalue weighted by atomic mass is 10.1. The van der Waals surface area contributed by atoms with E-state index < -0.39 is 5.91 Å². The largest absolute Gasteiger partial charge is 0.382 e. The van der Waals surface area contributed by atoms with Gasteiger partial charge in [0.2, 0.25) is 5.91 Å². The van der Waals surface area contributed by atoms with Gasteiger partial charge in [0.05, 0.1) is 0 Å². The molecule has 3 rings (SSSR count). The van der Waals surface area contributed by atoms with Gasteiger partial charge in [-0.2, -0.15) is 0 Å². The highest BCUT2D eigenvalue weighted by molar-refractivity contribution is 6.06. The van der Waals surface area contributed by atoms with E-state index in [4.69, 9.17) is 5.73 Å². The Morgan fingerprint density at radius 2 is 1.48 bits per heavy atom. The Morgan fingerprint density at radius 3 is 2.07 bits per heavy atom. The maximum absolute atomic E-state index is 12.6. The molecule has 8 heteroatoms. The molecule has 4 N–H and O–H groups in total. The Kier molecular flexibility index (Phi) is 6.23. The molecule has 0 fully saturated rings. The predicted molar refractivity (Wildman–Crippen MR) is 113 cm³/mol. The third-order valence-electron chi connectivity index (χ3n) is 4.60. The van der Waals surface area contributed by atoms with Gasteiger partial charge in [-0.25, -0.2) is 4.68 Å². The van der Waals surface area contributed by atoms with Crippen LogP contribution in [0.4, 0.5) is 17.2 Å². The van der Waals surface area contributed by atoms with Crippen LogP contribution in [-0.4, -0.2) is 26.8 Å². The number of hydrogen-bond donors (Lipinski definition) is 3. The second-order valence-corrected chi connectivity index (χ2v) is 6.50. The van der Waals surface area contributed by atoms with Gasteiger partial charge in [0.1, 0.15) is 6.54 Å². The van der Waals surface area contributed by atoms with Crippen molar-refractivity contribution in [2.75, 3.05) is 16.4 Å². The summed E-state index contributed by atoms with van der Waals surface area (Å²) in [6.45, 7) is 3.88. The molecule has 0 bridgehead atoms. The van der Waals surface area contributed by atoms with Crippen LogP contribution >= 0.6 is 0 Å². The van der Waals surface area contributed by atoms with E-state index in [2.05, 4.69) is 20.9 Å². The second-order valence-electron chi connectivity index (χ2n) is 6.50. The van der Waals surface area contributed by atoms with Crippen molar-refractivity contribution in [2.24, 2.45) is 0 Å². The molecule has 0 spiro atoms. The van der Waals surface area contributed by atoms with Crippen molar-refractivity contribution >= 4 is 29.0 Å². The average molecular weight is 392 g/mol. The molecule has 0 aliphatic heterocycles. The summed E-state index contributed by atoms with van der Waals surface area (Å²) < 4.78 is 1.21. The maximum Gasteiger partial charge on any atom is 0.280 e. The minimum atomic E-state index is -0.466. The molecule has 0 aliphatic rings. The fourth-order valence-electron chi connectivity index (χ4n) is 3.01. The van der Waals surface area contributed by atoms with E-state index in [0.29, 0.717) is 5.69 Å². The van der Waals surface area contributed by atoms with Crippen molar-refractivity contribution in [1.29, 1.82) is 0 Å². The van der Waals surface area contributed by atoms with Crippen molar-refractivity contribution in [2.45, 2.75) is 33.2 Å². The number of nitrogens with two attached hydrogens (primary N) is 1. The fraction of sp³-hybridized carbons (Fsp3) is 0.238. The number of anilines is 3. The smallest absolute Gasteiger partial charge is 0.280 e. The molecule has 0 aliphatic carbocycles. The highest BCUT2D eigenvalue weighted by atomic mass is 16.2. The minimum absolute atomic E-state index is 0.0161. The molecule has 150 valence electrons. The fourth-order valence-corrected chi connectivity index (χ4v) is 3.01. The zero-order chi connectivity index (χ0) is 20.8. The van der Waals surface area contributed by atoms with Gasteiger partial charge in [-0.3, -0.25) is 9.59 Å². The number of nitrogen functional groups attached to an aromatic ring is 1. The van der Waals surface area contributed by atoms with E-state index in [0.717, 1.165) is 29.7 Å². The number of rotatable bonds is 7. The Balaban J connectivity index is 1.70. The third-order valence-corrected chi connectivity index (χ3v) is 4.60. The van der Waals surface area contributed by atoms with Gasteiger partial charge in [-0.05, 0) is 36.1 Å². The predicted octanol–water partition coefficient (Wildman–Crippen LogP) is 2.88. The summed E-state index contributed by atoms with van der Waals surface area (Å²) in [7, 11) is 0. The number of carbonyl (C=O) groups excluding carboxylic acids is 2. The summed E-state index contributed by atoms with van der Waals surface area (Å²) in [6, 6.07) is 15.1. The molecule has 29 heavy (non-hydrogen) atoms. The first-order valence-corrected chi connectivity index (χ1v) is 9.49. The van der Waals surface area contributed by atoms with E-state index in [-0.39, 0.29) is 24.0 Å². The van der Waals surface area contributed by atoms with Crippen LogP contribution in [0.2, 0.25) is 0 Å². The number of nitrogens with zero attached hydrogens (tertiary/aromatic N) is 3. The highest BCUT2D eigenvalue weighted by Crippen LogP contribution is 2.18. The first-order valence-electron chi connectivity index (χ1n) is 9.49. The zero-order valence-electron chi connectivity index (χ0n) is 16.5. The third kappa shape index (κ3) is 4.60. The van der Waals surface area contributed by atoms with E-state index in [9.17, 15) is 9.59 Å². The van der Waals surface area contributed by atoms with Gasteiger partial charge < -0.3 is 16.4 Å². The van der Waals surface area contributed by atoms with Crippen molar-refractivity contribution in [3.8, 4) is 0 Å². The topological polar surface area (TPSA) is 115 Å². The number of para-hydroxylation sites is 2. The number of nitrogens with one attached hydrogen (secondary N) is 2. The molecule has 1 heterocycles. The Hall–Kier alpha value is -3.68. The van der Waals surface area contributed by atoms with Crippen LogP contribution in [0, 0.1) is 0 Å². The molecule has 3 aromatic rings. The molecule has 2 aromatic carbocycles. The van der Waals surface area contributed by atoms with E-state index in [1.165, 1.54) is 4.68 Å². The van der Waals surface area contributed by atoms with Crippen LogP contribution in [0.25, 0.3) is 0 Å². The lowest BCUT2D eigenvalue weighted by Crippen LogP contribution is -2.22. The summed E-state index contributed by atoms with van der Waals surface area (Å²) in [6.07, 6.45) is 1.57. The minimum Gasteiger partial charge on any atom is -0.382 e. The zero-order valence-corrected chi connectivity index (χ0v) is 16.5. The molecule has 0 radical (unpaired) electrons. The Labute approximate surface area is 169 Å². The normalized spacial score (nSPS) is 10.6. The van der Waals surface area contributed by atoms with Crippen molar-refractivity contribution in [1.82, 2.24) is 15.0 Å².